The number of hydrogen-bond acceptors (Lipinski definition) is 9. The van der Waals surface area contributed by atoms with Crippen molar-refractivity contribution in [1.82, 2.24) is 19.8 Å². The third-order valence-corrected chi connectivity index (χ3v) is 7.99. The predicted octanol–water partition coefficient (Wildman–Crippen LogP) is 4.02. The van der Waals surface area contributed by atoms with Crippen LogP contribution in [0.1, 0.15) is 37.3 Å². The fourth-order valence-electron chi connectivity index (χ4n) is 5.40. The first-order valence-electron chi connectivity index (χ1n) is 14.6. The highest BCUT2D eigenvalue weighted by Crippen LogP contribution is 2.32. The van der Waals surface area contributed by atoms with Crippen molar-refractivity contribution in [2.45, 2.75) is 31.7 Å². The zero-order valence-electron chi connectivity index (χ0n) is 25.1. The third-order valence-electron chi connectivity index (χ3n) is 7.66. The monoisotopic (exact) mass is 656 g/mol. The standard InChI is InChI=1S/C31H38Cl2N8O4/c1-45-31(44)39-14-12-38(13-15-39)24-7-5-6-22(16-24)27(8-3-2-4-11-36-21-42)40-20-37-26(18-30(40)43)25-17-23(32)9-10-28(25)41(35)19-29(33)34/h5-7,9-10,16-21,27H,2-4,8,11-15,34-35H2,1H3,(H,36,42)/b29-19-. The minimum atomic E-state index is -0.328. The summed E-state index contributed by atoms with van der Waals surface area (Å²) >= 11 is 12.1. The normalized spacial score (nSPS) is 14.2. The first-order valence-corrected chi connectivity index (χ1v) is 15.4. The number of nitrogens with zero attached hydrogens (tertiary/aromatic N) is 5. The Balaban J connectivity index is 1.64. The predicted molar refractivity (Wildman–Crippen MR) is 177 cm³/mol. The molecule has 0 radical (unpaired) electrons. The largest absolute Gasteiger partial charge is 0.453 e. The Morgan fingerprint density at radius 3 is 2.60 bits per heavy atom. The van der Waals surface area contributed by atoms with Gasteiger partial charge in [0.2, 0.25) is 6.41 Å². The summed E-state index contributed by atoms with van der Waals surface area (Å²) in [6.07, 6.45) is 6.48. The van der Waals surface area contributed by atoms with Gasteiger partial charge in [0.05, 0.1) is 37.1 Å². The highest BCUT2D eigenvalue weighted by Gasteiger charge is 2.23. The van der Waals surface area contributed by atoms with Crippen molar-refractivity contribution in [2.75, 3.05) is 49.7 Å². The number of ether oxygens (including phenoxy) is 1. The van der Waals surface area contributed by atoms with Gasteiger partial charge in [0, 0.05) is 55.1 Å². The maximum Gasteiger partial charge on any atom is 0.409 e. The number of piperazine rings is 1. The van der Waals surface area contributed by atoms with Gasteiger partial charge in [-0.05, 0) is 48.7 Å². The Hall–Kier alpha value is -4.26. The van der Waals surface area contributed by atoms with E-state index in [4.69, 9.17) is 39.5 Å². The molecular formula is C31H38Cl2N8O4. The van der Waals surface area contributed by atoms with Gasteiger partial charge >= 0.3 is 6.09 Å². The van der Waals surface area contributed by atoms with E-state index in [-0.39, 0.29) is 22.9 Å². The second-order valence-corrected chi connectivity index (χ2v) is 11.5. The number of hydrogen-bond donors (Lipinski definition) is 3. The van der Waals surface area contributed by atoms with E-state index in [9.17, 15) is 14.4 Å². The quantitative estimate of drug-likeness (QED) is 0.0814. The molecule has 12 nitrogen and oxygen atoms in total. The Labute approximate surface area is 272 Å². The lowest BCUT2D eigenvalue weighted by Gasteiger charge is -2.35. The highest BCUT2D eigenvalue weighted by molar-refractivity contribution is 6.31. The van der Waals surface area contributed by atoms with E-state index < -0.39 is 0 Å². The maximum absolute atomic E-state index is 13.7. The first kappa shape index (κ1) is 33.6. The fraction of sp³-hybridized carbons (Fsp3) is 0.355. The zero-order valence-corrected chi connectivity index (χ0v) is 26.6. The molecule has 1 fully saturated rings. The molecule has 0 bridgehead atoms. The first-order chi connectivity index (χ1) is 21.7. The van der Waals surface area contributed by atoms with Gasteiger partial charge in [0.1, 0.15) is 5.16 Å². The number of unbranched alkanes of at least 4 members (excludes halogenated alkanes) is 2. The minimum Gasteiger partial charge on any atom is -0.453 e. The lowest BCUT2D eigenvalue weighted by molar-refractivity contribution is -0.109. The Morgan fingerprint density at radius 1 is 1.13 bits per heavy atom. The van der Waals surface area contributed by atoms with E-state index in [1.807, 2.05) is 18.2 Å². The van der Waals surface area contributed by atoms with E-state index in [2.05, 4.69) is 21.3 Å². The van der Waals surface area contributed by atoms with Gasteiger partial charge in [-0.3, -0.25) is 19.2 Å². The van der Waals surface area contributed by atoms with Crippen LogP contribution >= 0.6 is 23.2 Å². The molecule has 2 amide bonds. The van der Waals surface area contributed by atoms with E-state index in [1.165, 1.54) is 24.4 Å². The molecule has 1 saturated heterocycles. The number of nitrogens with two attached hydrogens (primary N) is 2. The van der Waals surface area contributed by atoms with Crippen LogP contribution in [0.15, 0.2) is 71.0 Å². The average molecular weight is 658 g/mol. The second kappa shape index (κ2) is 16.2. The number of carbonyl (C=O) groups excluding carboxylic acids is 2. The summed E-state index contributed by atoms with van der Waals surface area (Å²) in [5.74, 6) is 6.16. The molecule has 4 rings (SSSR count). The molecule has 240 valence electrons. The van der Waals surface area contributed by atoms with Crippen LogP contribution < -0.4 is 32.4 Å². The van der Waals surface area contributed by atoms with Crippen molar-refractivity contribution in [3.8, 4) is 11.3 Å². The van der Waals surface area contributed by atoms with Crippen LogP contribution in [-0.4, -0.2) is 66.8 Å². The van der Waals surface area contributed by atoms with Crippen molar-refractivity contribution >= 4 is 47.1 Å². The zero-order chi connectivity index (χ0) is 32.3. The highest BCUT2D eigenvalue weighted by atomic mass is 35.5. The Morgan fingerprint density at radius 2 is 1.91 bits per heavy atom. The van der Waals surface area contributed by atoms with Gasteiger partial charge in [-0.1, -0.05) is 48.2 Å². The van der Waals surface area contributed by atoms with Crippen molar-refractivity contribution < 1.29 is 14.3 Å². The van der Waals surface area contributed by atoms with Gasteiger partial charge in [-0.25, -0.2) is 15.6 Å². The van der Waals surface area contributed by atoms with Crippen LogP contribution in [0.2, 0.25) is 5.02 Å². The smallest absolute Gasteiger partial charge is 0.409 e. The summed E-state index contributed by atoms with van der Waals surface area (Å²) in [6.45, 7) is 3.03. The maximum atomic E-state index is 13.7. The van der Waals surface area contributed by atoms with Crippen molar-refractivity contribution in [3.05, 3.63) is 87.2 Å². The van der Waals surface area contributed by atoms with Crippen LogP contribution in [-0.2, 0) is 9.53 Å². The summed E-state index contributed by atoms with van der Waals surface area (Å²) in [5, 5.41) is 4.37. The van der Waals surface area contributed by atoms with Crippen LogP contribution in [0.3, 0.4) is 0 Å². The fourth-order valence-corrected chi connectivity index (χ4v) is 5.68. The molecule has 2 heterocycles. The van der Waals surface area contributed by atoms with Gasteiger partial charge in [-0.15, -0.1) is 0 Å². The Kier molecular flexibility index (Phi) is 12.1. The van der Waals surface area contributed by atoms with Gasteiger partial charge < -0.3 is 25.6 Å². The van der Waals surface area contributed by atoms with Crippen molar-refractivity contribution in [2.24, 2.45) is 11.6 Å². The minimum absolute atomic E-state index is 0.0147. The molecular weight excluding hydrogens is 619 g/mol. The number of halogens is 2. The molecule has 1 atom stereocenters. The van der Waals surface area contributed by atoms with E-state index >= 15 is 0 Å². The van der Waals surface area contributed by atoms with Crippen LogP contribution in [0.25, 0.3) is 11.3 Å². The third kappa shape index (κ3) is 8.90. The van der Waals surface area contributed by atoms with Gasteiger partial charge in [0.25, 0.3) is 5.56 Å². The number of nitrogens with one attached hydrogen (secondary N) is 1. The number of carbonyl (C=O) groups is 2. The lowest BCUT2D eigenvalue weighted by Crippen LogP contribution is -2.48. The SMILES string of the molecule is COC(=O)N1CCN(c2cccc(C(CCCCCNC=O)n3cnc(-c4cc(Cl)ccc4N(N)/C=C(\N)Cl)cc3=O)c2)CC1. The molecule has 3 aromatic rings. The number of benzene rings is 2. The molecule has 5 N–H and O–H groups in total. The molecule has 1 aliphatic rings. The number of aromatic nitrogens is 2. The van der Waals surface area contributed by atoms with Gasteiger partial charge in [-0.2, -0.15) is 0 Å². The summed E-state index contributed by atoms with van der Waals surface area (Å²) < 4.78 is 6.51. The molecule has 14 heteroatoms. The second-order valence-electron chi connectivity index (χ2n) is 10.6. The molecule has 0 aliphatic carbocycles. The van der Waals surface area contributed by atoms with E-state index in [1.54, 1.807) is 34.0 Å². The summed E-state index contributed by atoms with van der Waals surface area (Å²) in [5.41, 5.74) is 8.77. The summed E-state index contributed by atoms with van der Waals surface area (Å²) in [4.78, 5) is 44.9. The number of anilines is 2. The van der Waals surface area contributed by atoms with E-state index in [0.717, 1.165) is 30.5 Å². The number of rotatable bonds is 13. The Bertz CT molecular complexity index is 1550. The van der Waals surface area contributed by atoms with Crippen molar-refractivity contribution in [3.63, 3.8) is 0 Å². The molecule has 1 unspecified atom stereocenters. The molecule has 1 aliphatic heterocycles. The molecule has 0 saturated carbocycles. The van der Waals surface area contributed by atoms with Crippen molar-refractivity contribution in [1.29, 1.82) is 0 Å². The number of amides is 2. The van der Waals surface area contributed by atoms with Gasteiger partial charge in [0.15, 0.2) is 0 Å². The summed E-state index contributed by atoms with van der Waals surface area (Å²) in [7, 11) is 1.39. The van der Waals surface area contributed by atoms with E-state index in [0.29, 0.717) is 67.5 Å². The average Bonchev–Trinajstić information content (AvgIpc) is 3.04. The summed E-state index contributed by atoms with van der Waals surface area (Å²) in [6, 6.07) is 14.3. The molecule has 0 spiro atoms. The lowest BCUT2D eigenvalue weighted by atomic mass is 9.99. The number of hydrazine groups is 1. The number of methoxy groups -OCH3 is 1. The topological polar surface area (TPSA) is 152 Å². The van der Waals surface area contributed by atoms with Crippen LogP contribution in [0.4, 0.5) is 16.2 Å². The molecule has 2 aromatic carbocycles. The van der Waals surface area contributed by atoms with Crippen LogP contribution in [0, 0.1) is 0 Å². The molecule has 45 heavy (non-hydrogen) atoms. The molecule has 1 aromatic heterocycles. The van der Waals surface area contributed by atoms with Crippen LogP contribution in [0.5, 0.6) is 0 Å².